The van der Waals surface area contributed by atoms with Crippen molar-refractivity contribution in [3.63, 3.8) is 0 Å². The van der Waals surface area contributed by atoms with Gasteiger partial charge in [0.1, 0.15) is 0 Å². The maximum Gasteiger partial charge on any atom is 0.0372 e. The minimum absolute atomic E-state index is 1.10. The van der Waals surface area contributed by atoms with E-state index in [1.807, 2.05) is 28.2 Å². The lowest BCUT2D eigenvalue weighted by molar-refractivity contribution is 1.13. The lowest BCUT2D eigenvalue weighted by atomic mass is 10.0. The van der Waals surface area contributed by atoms with Gasteiger partial charge in [-0.25, -0.2) is 0 Å². The molecule has 0 spiro atoms. The molecule has 0 aliphatic heterocycles. The third kappa shape index (κ3) is 3.18. The maximum atomic E-state index is 3.68. The molecule has 0 saturated heterocycles. The Hall–Kier alpha value is -1.00. The monoisotopic (exact) mass is 396 g/mol. The van der Waals surface area contributed by atoms with E-state index in [1.165, 1.54) is 22.5 Å². The molecular weight excluding hydrogens is 380 g/mol. The van der Waals surface area contributed by atoms with Gasteiger partial charge >= 0.3 is 0 Å². The van der Waals surface area contributed by atoms with Gasteiger partial charge in [0, 0.05) is 48.5 Å². The molecule has 106 valence electrons. The van der Waals surface area contributed by atoms with E-state index in [0.717, 1.165) is 8.95 Å². The molecule has 0 aliphatic rings. The Kier molecular flexibility index (Phi) is 4.76. The van der Waals surface area contributed by atoms with Gasteiger partial charge in [-0.1, -0.05) is 44.0 Å². The van der Waals surface area contributed by atoms with Crippen molar-refractivity contribution in [1.82, 2.24) is 0 Å². The van der Waals surface area contributed by atoms with Crippen LogP contribution in [-0.2, 0) is 0 Å². The van der Waals surface area contributed by atoms with Crippen LogP contribution >= 0.6 is 31.9 Å². The van der Waals surface area contributed by atoms with Crippen molar-refractivity contribution < 1.29 is 0 Å². The van der Waals surface area contributed by atoms with Crippen LogP contribution in [0.4, 0.5) is 11.4 Å². The van der Waals surface area contributed by atoms with Crippen molar-refractivity contribution in [2.24, 2.45) is 0 Å². The molecule has 0 bridgehead atoms. The van der Waals surface area contributed by atoms with E-state index in [0.29, 0.717) is 0 Å². The number of hydrogen-bond donors (Lipinski definition) is 0. The van der Waals surface area contributed by atoms with Crippen molar-refractivity contribution in [3.05, 3.63) is 45.3 Å². The molecule has 2 rings (SSSR count). The van der Waals surface area contributed by atoms with Crippen LogP contribution in [0.15, 0.2) is 45.3 Å². The summed E-state index contributed by atoms with van der Waals surface area (Å²) in [5.74, 6) is 0. The first-order valence-corrected chi connectivity index (χ1v) is 7.93. The van der Waals surface area contributed by atoms with Crippen molar-refractivity contribution in [2.45, 2.75) is 0 Å². The Balaban J connectivity index is 2.46. The van der Waals surface area contributed by atoms with E-state index in [1.54, 1.807) is 0 Å². The fourth-order valence-electron chi connectivity index (χ4n) is 2.00. The Morgan fingerprint density at radius 3 is 1.25 bits per heavy atom. The summed E-state index contributed by atoms with van der Waals surface area (Å²) in [6.07, 6.45) is 0. The molecule has 0 fully saturated rings. The summed E-state index contributed by atoms with van der Waals surface area (Å²) in [5.41, 5.74) is 4.74. The van der Waals surface area contributed by atoms with Crippen LogP contribution in [0.5, 0.6) is 0 Å². The van der Waals surface area contributed by atoms with Gasteiger partial charge in [0.05, 0.1) is 0 Å². The highest BCUT2D eigenvalue weighted by molar-refractivity contribution is 9.11. The molecule has 0 aromatic heterocycles. The molecule has 2 aromatic rings. The van der Waals surface area contributed by atoms with E-state index in [4.69, 9.17) is 0 Å². The van der Waals surface area contributed by atoms with E-state index in [9.17, 15) is 0 Å². The van der Waals surface area contributed by atoms with Gasteiger partial charge in [0.15, 0.2) is 0 Å². The zero-order chi connectivity index (χ0) is 14.9. The molecule has 0 heterocycles. The highest BCUT2D eigenvalue weighted by Gasteiger charge is 2.10. The standard InChI is InChI=1S/C16H18Br2N2/c1-19(2)11-5-7-13(15(17)9-11)14-8-6-12(20(3)4)10-16(14)18/h5-10H,1-4H3. The van der Waals surface area contributed by atoms with Gasteiger partial charge in [-0.3, -0.25) is 0 Å². The van der Waals surface area contributed by atoms with Gasteiger partial charge in [0.2, 0.25) is 0 Å². The van der Waals surface area contributed by atoms with Crippen LogP contribution in [0.3, 0.4) is 0 Å². The Labute approximate surface area is 137 Å². The summed E-state index contributed by atoms with van der Waals surface area (Å²) in [4.78, 5) is 4.19. The number of halogens is 2. The van der Waals surface area contributed by atoms with Gasteiger partial charge < -0.3 is 9.80 Å². The van der Waals surface area contributed by atoms with E-state index in [-0.39, 0.29) is 0 Å². The topological polar surface area (TPSA) is 6.48 Å². The summed E-state index contributed by atoms with van der Waals surface area (Å²) in [7, 11) is 8.18. The maximum absolute atomic E-state index is 3.68. The average Bonchev–Trinajstić information content (AvgIpc) is 2.38. The van der Waals surface area contributed by atoms with Gasteiger partial charge in [-0.15, -0.1) is 0 Å². The molecule has 4 heteroatoms. The highest BCUT2D eigenvalue weighted by Crippen LogP contribution is 2.37. The number of anilines is 2. The normalized spacial score (nSPS) is 10.5. The number of benzene rings is 2. The average molecular weight is 398 g/mol. The Morgan fingerprint density at radius 1 is 0.650 bits per heavy atom. The molecule has 0 amide bonds. The van der Waals surface area contributed by atoms with Crippen LogP contribution in [0.1, 0.15) is 0 Å². The zero-order valence-corrected chi connectivity index (χ0v) is 15.3. The number of nitrogens with zero attached hydrogens (tertiary/aromatic N) is 2. The summed E-state index contributed by atoms with van der Waals surface area (Å²) in [6, 6.07) is 12.8. The van der Waals surface area contributed by atoms with Gasteiger partial charge in [0.25, 0.3) is 0 Å². The first-order valence-electron chi connectivity index (χ1n) is 6.34. The molecule has 0 atom stereocenters. The van der Waals surface area contributed by atoms with E-state index >= 15 is 0 Å². The molecule has 0 N–H and O–H groups in total. The van der Waals surface area contributed by atoms with Crippen molar-refractivity contribution in [3.8, 4) is 11.1 Å². The summed E-state index contributed by atoms with van der Waals surface area (Å²) < 4.78 is 2.20. The lowest BCUT2D eigenvalue weighted by Crippen LogP contribution is -2.08. The molecule has 0 unspecified atom stereocenters. The van der Waals surface area contributed by atoms with Crippen LogP contribution in [0.2, 0.25) is 0 Å². The molecule has 20 heavy (non-hydrogen) atoms. The third-order valence-corrected chi connectivity index (χ3v) is 4.54. The zero-order valence-electron chi connectivity index (χ0n) is 12.1. The molecule has 0 aliphatic carbocycles. The largest absolute Gasteiger partial charge is 0.378 e. The SMILES string of the molecule is CN(C)c1ccc(-c2ccc(N(C)C)cc2Br)c(Br)c1. The van der Waals surface area contributed by atoms with Gasteiger partial charge in [-0.05, 0) is 35.4 Å². The minimum atomic E-state index is 1.10. The molecule has 0 radical (unpaired) electrons. The quantitative estimate of drug-likeness (QED) is 0.718. The van der Waals surface area contributed by atoms with Crippen molar-refractivity contribution in [1.29, 1.82) is 0 Å². The van der Waals surface area contributed by atoms with E-state index in [2.05, 4.69) is 78.1 Å². The van der Waals surface area contributed by atoms with Gasteiger partial charge in [-0.2, -0.15) is 0 Å². The fourth-order valence-corrected chi connectivity index (χ4v) is 3.16. The Bertz CT molecular complexity index is 566. The fraction of sp³-hybridized carbons (Fsp3) is 0.250. The van der Waals surface area contributed by atoms with Crippen molar-refractivity contribution >= 4 is 43.2 Å². The molecule has 2 aromatic carbocycles. The summed E-state index contributed by atoms with van der Waals surface area (Å²) in [6.45, 7) is 0. The first-order chi connectivity index (χ1) is 9.40. The predicted octanol–water partition coefficient (Wildman–Crippen LogP) is 5.01. The minimum Gasteiger partial charge on any atom is -0.378 e. The van der Waals surface area contributed by atoms with Crippen LogP contribution in [0.25, 0.3) is 11.1 Å². The molecular formula is C16H18Br2N2. The van der Waals surface area contributed by atoms with Crippen LogP contribution < -0.4 is 9.80 Å². The molecule has 0 saturated carbocycles. The van der Waals surface area contributed by atoms with Crippen LogP contribution in [0, 0.1) is 0 Å². The molecule has 2 nitrogen and oxygen atoms in total. The second-order valence-electron chi connectivity index (χ2n) is 5.12. The van der Waals surface area contributed by atoms with Crippen molar-refractivity contribution in [2.75, 3.05) is 38.0 Å². The van der Waals surface area contributed by atoms with Crippen LogP contribution in [-0.4, -0.2) is 28.2 Å². The Morgan fingerprint density at radius 2 is 1.00 bits per heavy atom. The first kappa shape index (κ1) is 15.4. The summed E-state index contributed by atoms with van der Waals surface area (Å²) >= 11 is 7.35. The second kappa shape index (κ2) is 6.19. The second-order valence-corrected chi connectivity index (χ2v) is 6.83. The number of hydrogen-bond acceptors (Lipinski definition) is 2. The predicted molar refractivity (Wildman–Crippen MR) is 95.9 cm³/mol. The highest BCUT2D eigenvalue weighted by atomic mass is 79.9. The summed E-state index contributed by atoms with van der Waals surface area (Å²) in [5, 5.41) is 0. The number of rotatable bonds is 3. The van der Waals surface area contributed by atoms with E-state index < -0.39 is 0 Å². The smallest absolute Gasteiger partial charge is 0.0372 e. The third-order valence-electron chi connectivity index (χ3n) is 3.23. The lowest BCUT2D eigenvalue weighted by Gasteiger charge is -2.17.